The highest BCUT2D eigenvalue weighted by Gasteiger charge is 2.48. The van der Waals surface area contributed by atoms with Crippen LogP contribution in [0.3, 0.4) is 0 Å². The maximum absolute atomic E-state index is 13.7. The van der Waals surface area contributed by atoms with Crippen LogP contribution in [0.1, 0.15) is 44.2 Å². The van der Waals surface area contributed by atoms with Crippen molar-refractivity contribution in [3.63, 3.8) is 0 Å². The fourth-order valence-corrected chi connectivity index (χ4v) is 5.85. The van der Waals surface area contributed by atoms with Gasteiger partial charge in [-0.15, -0.1) is 0 Å². The summed E-state index contributed by atoms with van der Waals surface area (Å²) < 4.78 is 17.4. The van der Waals surface area contributed by atoms with Crippen LogP contribution in [0.15, 0.2) is 90.1 Å². The van der Waals surface area contributed by atoms with Gasteiger partial charge in [-0.1, -0.05) is 90.1 Å². The normalized spacial score (nSPS) is 23.9. The van der Waals surface area contributed by atoms with E-state index in [-0.39, 0.29) is 12.5 Å². The zero-order valence-corrected chi connectivity index (χ0v) is 26.6. The van der Waals surface area contributed by atoms with E-state index in [0.717, 1.165) is 35.1 Å². The Bertz CT molecular complexity index is 1450. The van der Waals surface area contributed by atoms with Gasteiger partial charge in [0.1, 0.15) is 31.0 Å². The number of carbonyl (C=O) groups is 2. The first-order chi connectivity index (χ1) is 22.2. The summed E-state index contributed by atoms with van der Waals surface area (Å²) in [5.41, 5.74) is 4.19. The quantitative estimate of drug-likeness (QED) is 0.238. The molecule has 2 fully saturated rings. The summed E-state index contributed by atoms with van der Waals surface area (Å²) in [7, 11) is 1.37. The minimum Gasteiger partial charge on any atom is -0.391 e. The van der Waals surface area contributed by atoms with Gasteiger partial charge in [0.2, 0.25) is 5.91 Å². The number of likely N-dealkylation sites (tertiary alicyclic amines) is 1. The average molecular weight is 630 g/mol. The standard InChI is InChI=1S/C36H43N3O7/c1-36(2)45-30(22-37-44-24-26-12-6-4-7-13-26)31(40)32(46-36)33(43-3)34(41)38-29-16-10-11-21-39(35(29)42)23-25-17-19-28(20-18-25)27-14-8-5-9-15-27/h4-9,12-15,17-20,22,29-33,40H,10-11,16,21,23-24H2,1-3H3,(H,38,41)/t29-,30+,31-,32+,33+/m0/s1. The van der Waals surface area contributed by atoms with Crippen molar-refractivity contribution >= 4 is 18.0 Å². The van der Waals surface area contributed by atoms with Crippen LogP contribution in [0.2, 0.25) is 0 Å². The lowest BCUT2D eigenvalue weighted by molar-refractivity contribution is -0.329. The molecule has 10 heteroatoms. The van der Waals surface area contributed by atoms with Gasteiger partial charge < -0.3 is 34.4 Å². The van der Waals surface area contributed by atoms with Gasteiger partial charge in [-0.2, -0.15) is 0 Å². The fraction of sp³-hybridized carbons (Fsp3) is 0.417. The number of nitrogens with zero attached hydrogens (tertiary/aromatic N) is 2. The third kappa shape index (κ3) is 8.58. The summed E-state index contributed by atoms with van der Waals surface area (Å²) >= 11 is 0. The van der Waals surface area contributed by atoms with Crippen LogP contribution in [0, 0.1) is 0 Å². The molecule has 5 atom stereocenters. The van der Waals surface area contributed by atoms with Crippen LogP contribution in [-0.2, 0) is 41.8 Å². The number of aliphatic hydroxyl groups is 1. The van der Waals surface area contributed by atoms with Crippen molar-refractivity contribution < 1.29 is 33.7 Å². The lowest BCUT2D eigenvalue weighted by atomic mass is 9.99. The highest BCUT2D eigenvalue weighted by atomic mass is 16.7. The van der Waals surface area contributed by atoms with Crippen LogP contribution >= 0.6 is 0 Å². The molecule has 244 valence electrons. The minimum atomic E-state index is -1.30. The Morgan fingerprint density at radius 2 is 1.67 bits per heavy atom. The van der Waals surface area contributed by atoms with E-state index in [1.807, 2.05) is 60.7 Å². The second kappa shape index (κ2) is 15.5. The summed E-state index contributed by atoms with van der Waals surface area (Å²) in [5, 5.41) is 18.1. The largest absolute Gasteiger partial charge is 0.391 e. The molecule has 10 nitrogen and oxygen atoms in total. The predicted octanol–water partition coefficient (Wildman–Crippen LogP) is 4.45. The molecule has 0 saturated carbocycles. The van der Waals surface area contributed by atoms with Crippen LogP contribution in [-0.4, -0.2) is 77.9 Å². The molecule has 2 aliphatic rings. The Morgan fingerprint density at radius 3 is 2.37 bits per heavy atom. The molecule has 3 aromatic carbocycles. The van der Waals surface area contributed by atoms with Gasteiger partial charge in [-0.3, -0.25) is 9.59 Å². The minimum absolute atomic E-state index is 0.151. The number of rotatable bonds is 11. The van der Waals surface area contributed by atoms with Crippen molar-refractivity contribution in [2.75, 3.05) is 13.7 Å². The number of aliphatic hydroxyl groups excluding tert-OH is 1. The molecule has 46 heavy (non-hydrogen) atoms. The molecule has 2 N–H and O–H groups in total. The van der Waals surface area contributed by atoms with Crippen molar-refractivity contribution in [1.29, 1.82) is 0 Å². The Hall–Kier alpha value is -4.09. The molecular formula is C36H43N3O7. The Morgan fingerprint density at radius 1 is 1.00 bits per heavy atom. The molecule has 2 saturated heterocycles. The molecule has 0 aromatic heterocycles. The summed E-state index contributed by atoms with van der Waals surface area (Å²) in [5.74, 6) is -1.86. The van der Waals surface area contributed by atoms with E-state index in [9.17, 15) is 14.7 Å². The number of nitrogens with one attached hydrogen (secondary N) is 1. The molecule has 0 spiro atoms. The second-order valence-electron chi connectivity index (χ2n) is 12.1. The van der Waals surface area contributed by atoms with Crippen LogP contribution in [0.25, 0.3) is 11.1 Å². The number of ether oxygens (including phenoxy) is 3. The molecule has 0 radical (unpaired) electrons. The van der Waals surface area contributed by atoms with E-state index in [0.29, 0.717) is 19.5 Å². The number of hydrogen-bond acceptors (Lipinski definition) is 8. The number of amides is 2. The lowest BCUT2D eigenvalue weighted by Crippen LogP contribution is -2.62. The predicted molar refractivity (Wildman–Crippen MR) is 173 cm³/mol. The van der Waals surface area contributed by atoms with E-state index >= 15 is 0 Å². The number of benzene rings is 3. The van der Waals surface area contributed by atoms with Gasteiger partial charge >= 0.3 is 0 Å². The number of carbonyl (C=O) groups excluding carboxylic acids is 2. The summed E-state index contributed by atoms with van der Waals surface area (Å²) in [4.78, 5) is 34.5. The van der Waals surface area contributed by atoms with Gasteiger partial charge in [-0.05, 0) is 55.4 Å². The molecule has 0 bridgehead atoms. The molecule has 2 heterocycles. The van der Waals surface area contributed by atoms with E-state index < -0.39 is 42.2 Å². The van der Waals surface area contributed by atoms with Gasteiger partial charge in [0, 0.05) is 20.2 Å². The number of oxime groups is 1. The van der Waals surface area contributed by atoms with E-state index in [1.54, 1.807) is 18.7 Å². The first-order valence-electron chi connectivity index (χ1n) is 15.7. The Kier molecular flexibility index (Phi) is 11.2. The van der Waals surface area contributed by atoms with Gasteiger partial charge in [0.15, 0.2) is 11.9 Å². The summed E-state index contributed by atoms with van der Waals surface area (Å²) in [6.07, 6.45) is -1.07. The second-order valence-corrected chi connectivity index (χ2v) is 12.1. The summed E-state index contributed by atoms with van der Waals surface area (Å²) in [6, 6.07) is 27.1. The third-order valence-electron chi connectivity index (χ3n) is 8.21. The molecular weight excluding hydrogens is 586 g/mol. The molecule has 0 aliphatic carbocycles. The molecule has 2 amide bonds. The van der Waals surface area contributed by atoms with Crippen LogP contribution in [0.4, 0.5) is 0 Å². The molecule has 2 aliphatic heterocycles. The van der Waals surface area contributed by atoms with Crippen molar-refractivity contribution in [1.82, 2.24) is 10.2 Å². The highest BCUT2D eigenvalue weighted by Crippen LogP contribution is 2.30. The smallest absolute Gasteiger partial charge is 0.252 e. The van der Waals surface area contributed by atoms with Crippen LogP contribution in [0.5, 0.6) is 0 Å². The van der Waals surface area contributed by atoms with Crippen molar-refractivity contribution in [3.05, 3.63) is 96.1 Å². The van der Waals surface area contributed by atoms with E-state index in [2.05, 4.69) is 34.7 Å². The number of methoxy groups -OCH3 is 1. The van der Waals surface area contributed by atoms with Crippen molar-refractivity contribution in [2.24, 2.45) is 5.16 Å². The topological polar surface area (TPSA) is 119 Å². The third-order valence-corrected chi connectivity index (χ3v) is 8.21. The number of hydrogen-bond donors (Lipinski definition) is 2. The molecule has 3 aromatic rings. The Labute approximate surface area is 270 Å². The maximum atomic E-state index is 13.7. The zero-order valence-electron chi connectivity index (χ0n) is 26.6. The Balaban J connectivity index is 1.21. The van der Waals surface area contributed by atoms with E-state index in [1.165, 1.54) is 13.3 Å². The van der Waals surface area contributed by atoms with Crippen molar-refractivity contribution in [3.8, 4) is 11.1 Å². The monoisotopic (exact) mass is 629 g/mol. The zero-order chi connectivity index (χ0) is 32.5. The first-order valence-corrected chi connectivity index (χ1v) is 15.7. The SMILES string of the molecule is CO[C@@H](C(=O)N[C@H]1CCCCN(Cc2ccc(-c3ccccc3)cc2)C1=O)[C@@H]1OC(C)(C)O[C@H](C=NOCc2ccccc2)[C@@H]1O. The fourth-order valence-electron chi connectivity index (χ4n) is 5.85. The molecule has 0 unspecified atom stereocenters. The lowest BCUT2D eigenvalue weighted by Gasteiger charge is -2.44. The van der Waals surface area contributed by atoms with Gasteiger partial charge in [0.25, 0.3) is 5.91 Å². The van der Waals surface area contributed by atoms with E-state index in [4.69, 9.17) is 19.0 Å². The highest BCUT2D eigenvalue weighted by molar-refractivity contribution is 5.90. The van der Waals surface area contributed by atoms with Gasteiger partial charge in [-0.25, -0.2) is 0 Å². The first kappa shape index (κ1) is 33.3. The van der Waals surface area contributed by atoms with Gasteiger partial charge in [0.05, 0.1) is 6.21 Å². The summed E-state index contributed by atoms with van der Waals surface area (Å²) in [6.45, 7) is 4.65. The molecule has 5 rings (SSSR count). The van der Waals surface area contributed by atoms with Crippen molar-refractivity contribution in [2.45, 2.75) is 82.5 Å². The maximum Gasteiger partial charge on any atom is 0.252 e. The average Bonchev–Trinajstić information content (AvgIpc) is 3.23. The van der Waals surface area contributed by atoms with Crippen LogP contribution < -0.4 is 5.32 Å².